The Morgan fingerprint density at radius 1 is 1.00 bits per heavy atom. The van der Waals surface area contributed by atoms with Crippen molar-refractivity contribution in [3.63, 3.8) is 0 Å². The van der Waals surface area contributed by atoms with Gasteiger partial charge in [0.05, 0.1) is 6.54 Å². The van der Waals surface area contributed by atoms with Gasteiger partial charge in [-0.3, -0.25) is 18.5 Å². The highest BCUT2D eigenvalue weighted by Gasteiger charge is 2.21. The molecule has 0 aliphatic carbocycles. The number of aryl methyl sites for hydroxylation is 2. The maximum atomic E-state index is 13.2. The van der Waals surface area contributed by atoms with Gasteiger partial charge in [0.1, 0.15) is 11.6 Å². The zero-order valence-electron chi connectivity index (χ0n) is 16.2. The Kier molecular flexibility index (Phi) is 4.54. The normalized spacial score (nSPS) is 11.2. The van der Waals surface area contributed by atoms with E-state index >= 15 is 0 Å². The lowest BCUT2D eigenvalue weighted by atomic mass is 10.1. The second-order valence-electron chi connectivity index (χ2n) is 6.84. The number of aromatic nitrogens is 4. The largest absolute Gasteiger partial charge is 0.425 e. The molecule has 8 heteroatoms. The first-order valence-electron chi connectivity index (χ1n) is 9.01. The summed E-state index contributed by atoms with van der Waals surface area (Å²) >= 11 is 0. The first-order valence-corrected chi connectivity index (χ1v) is 9.01. The number of fused-ring (bicyclic) bond motifs is 1. The van der Waals surface area contributed by atoms with E-state index in [1.807, 2.05) is 31.2 Å². The van der Waals surface area contributed by atoms with Crippen LogP contribution in [0.5, 0.6) is 11.8 Å². The molecule has 0 spiro atoms. The van der Waals surface area contributed by atoms with Gasteiger partial charge < -0.3 is 4.74 Å². The Labute approximate surface area is 165 Å². The molecule has 4 rings (SSSR count). The Morgan fingerprint density at radius 2 is 1.69 bits per heavy atom. The van der Waals surface area contributed by atoms with Gasteiger partial charge in [0.2, 0.25) is 0 Å². The molecule has 0 radical (unpaired) electrons. The molecule has 2 heterocycles. The van der Waals surface area contributed by atoms with Crippen LogP contribution < -0.4 is 16.0 Å². The highest BCUT2D eigenvalue weighted by Crippen LogP contribution is 2.26. The van der Waals surface area contributed by atoms with Crippen molar-refractivity contribution in [2.75, 3.05) is 0 Å². The maximum absolute atomic E-state index is 13.2. The van der Waals surface area contributed by atoms with Crippen molar-refractivity contribution in [1.82, 2.24) is 18.7 Å². The van der Waals surface area contributed by atoms with Crippen LogP contribution in [0.25, 0.3) is 11.2 Å². The fourth-order valence-electron chi connectivity index (χ4n) is 3.22. The molecule has 0 unspecified atom stereocenters. The topological polar surface area (TPSA) is 71.1 Å². The predicted octanol–water partition coefficient (Wildman–Crippen LogP) is 2.72. The lowest BCUT2D eigenvalue weighted by molar-refractivity contribution is 0.420. The second-order valence-corrected chi connectivity index (χ2v) is 6.84. The number of halogens is 1. The average molecular weight is 394 g/mol. The van der Waals surface area contributed by atoms with Crippen LogP contribution in [0.2, 0.25) is 0 Å². The van der Waals surface area contributed by atoms with Crippen LogP contribution in [-0.2, 0) is 20.6 Å². The van der Waals surface area contributed by atoms with Gasteiger partial charge in [-0.1, -0.05) is 24.3 Å². The van der Waals surface area contributed by atoms with E-state index in [0.717, 1.165) is 15.7 Å². The number of nitrogens with zero attached hydrogens (tertiary/aromatic N) is 4. The molecule has 0 aliphatic rings. The van der Waals surface area contributed by atoms with E-state index in [2.05, 4.69) is 4.98 Å². The molecule has 0 bridgehead atoms. The summed E-state index contributed by atoms with van der Waals surface area (Å²) in [5, 5.41) is 0. The molecule has 4 aromatic rings. The van der Waals surface area contributed by atoms with Crippen LogP contribution in [0.3, 0.4) is 0 Å². The fourth-order valence-corrected chi connectivity index (χ4v) is 3.22. The van der Waals surface area contributed by atoms with Crippen molar-refractivity contribution in [2.24, 2.45) is 14.1 Å². The lowest BCUT2D eigenvalue weighted by Gasteiger charge is -2.12. The fraction of sp³-hybridized carbons (Fsp3) is 0.190. The van der Waals surface area contributed by atoms with Gasteiger partial charge in [-0.05, 0) is 42.3 Å². The van der Waals surface area contributed by atoms with E-state index in [1.54, 1.807) is 11.6 Å². The smallest absolute Gasteiger partial charge is 0.332 e. The number of benzene rings is 2. The van der Waals surface area contributed by atoms with Gasteiger partial charge in [0, 0.05) is 14.1 Å². The van der Waals surface area contributed by atoms with Crippen molar-refractivity contribution >= 4 is 11.2 Å². The summed E-state index contributed by atoms with van der Waals surface area (Å²) < 4.78 is 23.1. The highest BCUT2D eigenvalue weighted by molar-refractivity contribution is 5.72. The molecular formula is C21H19FN4O3. The Hall–Kier alpha value is -3.68. The van der Waals surface area contributed by atoms with Gasteiger partial charge in [0.15, 0.2) is 11.2 Å². The number of hydrogen-bond acceptors (Lipinski definition) is 4. The summed E-state index contributed by atoms with van der Waals surface area (Å²) in [7, 11) is 2.98. The summed E-state index contributed by atoms with van der Waals surface area (Å²) in [5.41, 5.74) is 1.57. The van der Waals surface area contributed by atoms with E-state index in [1.165, 1.54) is 35.9 Å². The quantitative estimate of drug-likeness (QED) is 0.534. The number of rotatable bonds is 4. The molecule has 148 valence electrons. The zero-order chi connectivity index (χ0) is 20.7. The number of imidazole rings is 1. The zero-order valence-corrected chi connectivity index (χ0v) is 16.2. The molecule has 0 atom stereocenters. The molecule has 0 saturated heterocycles. The summed E-state index contributed by atoms with van der Waals surface area (Å²) in [6.07, 6.45) is 0. The molecule has 0 N–H and O–H groups in total. The first-order chi connectivity index (χ1) is 13.9. The van der Waals surface area contributed by atoms with Crippen LogP contribution in [-0.4, -0.2) is 18.7 Å². The Bertz CT molecular complexity index is 1330. The van der Waals surface area contributed by atoms with Crippen molar-refractivity contribution in [3.8, 4) is 11.8 Å². The molecule has 2 aromatic heterocycles. The van der Waals surface area contributed by atoms with E-state index in [0.29, 0.717) is 12.3 Å². The van der Waals surface area contributed by atoms with Gasteiger partial charge in [-0.2, -0.15) is 4.98 Å². The van der Waals surface area contributed by atoms with Crippen molar-refractivity contribution in [2.45, 2.75) is 13.5 Å². The average Bonchev–Trinajstić information content (AvgIpc) is 3.06. The van der Waals surface area contributed by atoms with E-state index < -0.39 is 11.2 Å². The minimum Gasteiger partial charge on any atom is -0.425 e. The third-order valence-corrected chi connectivity index (χ3v) is 4.93. The summed E-state index contributed by atoms with van der Waals surface area (Å²) in [6.45, 7) is 2.30. The molecule has 2 aromatic carbocycles. The predicted molar refractivity (Wildman–Crippen MR) is 107 cm³/mol. The molecule has 0 aliphatic heterocycles. The second kappa shape index (κ2) is 7.05. The molecule has 0 saturated carbocycles. The lowest BCUT2D eigenvalue weighted by Crippen LogP contribution is -2.37. The minimum atomic E-state index is -0.476. The van der Waals surface area contributed by atoms with Crippen molar-refractivity contribution in [3.05, 3.63) is 86.3 Å². The van der Waals surface area contributed by atoms with E-state index in [4.69, 9.17) is 4.74 Å². The van der Waals surface area contributed by atoms with Crippen LogP contribution in [0.15, 0.2) is 58.1 Å². The molecule has 29 heavy (non-hydrogen) atoms. The van der Waals surface area contributed by atoms with Gasteiger partial charge in [0.25, 0.3) is 5.56 Å². The Morgan fingerprint density at radius 3 is 2.38 bits per heavy atom. The molecular weight excluding hydrogens is 375 g/mol. The van der Waals surface area contributed by atoms with Crippen molar-refractivity contribution < 1.29 is 9.13 Å². The number of ether oxygens (including phenoxy) is 1. The summed E-state index contributed by atoms with van der Waals surface area (Å²) in [4.78, 5) is 29.6. The highest BCUT2D eigenvalue weighted by atomic mass is 19.1. The maximum Gasteiger partial charge on any atom is 0.332 e. The molecule has 7 nitrogen and oxygen atoms in total. The first kappa shape index (κ1) is 18.7. The standard InChI is InChI=1S/C21H19FN4O3/c1-13-6-4-5-7-14(13)12-26-17-18(24(2)21(28)25(3)19(17)27)23-20(26)29-16-10-8-15(22)9-11-16/h4-11H,12H2,1-3H3. The SMILES string of the molecule is Cc1ccccc1Cn1c(Oc2ccc(F)cc2)nc2c1c(=O)n(C)c(=O)n2C. The van der Waals surface area contributed by atoms with Crippen LogP contribution >= 0.6 is 0 Å². The van der Waals surface area contributed by atoms with E-state index in [-0.39, 0.29) is 23.0 Å². The number of hydrogen-bond donors (Lipinski definition) is 0. The van der Waals surface area contributed by atoms with Crippen LogP contribution in [0, 0.1) is 12.7 Å². The van der Waals surface area contributed by atoms with E-state index in [9.17, 15) is 14.0 Å². The van der Waals surface area contributed by atoms with Crippen LogP contribution in [0.4, 0.5) is 4.39 Å². The monoisotopic (exact) mass is 394 g/mol. The summed E-state index contributed by atoms with van der Waals surface area (Å²) in [6, 6.07) is 13.4. The Balaban J connectivity index is 1.96. The van der Waals surface area contributed by atoms with Gasteiger partial charge in [-0.15, -0.1) is 0 Å². The van der Waals surface area contributed by atoms with Gasteiger partial charge >= 0.3 is 11.7 Å². The third-order valence-electron chi connectivity index (χ3n) is 4.93. The van der Waals surface area contributed by atoms with Crippen molar-refractivity contribution in [1.29, 1.82) is 0 Å². The molecule has 0 fully saturated rings. The third kappa shape index (κ3) is 3.22. The minimum absolute atomic E-state index is 0.146. The van der Waals surface area contributed by atoms with Gasteiger partial charge in [-0.25, -0.2) is 9.18 Å². The summed E-state index contributed by atoms with van der Waals surface area (Å²) in [5.74, 6) is -0.0170. The van der Waals surface area contributed by atoms with Crippen LogP contribution in [0.1, 0.15) is 11.1 Å². The molecule has 0 amide bonds.